The van der Waals surface area contributed by atoms with Gasteiger partial charge in [0.1, 0.15) is 0 Å². The molecule has 1 aromatic heterocycles. The standard InChI is InChI=1S/C8H10N2O3.CH3O.ClH.Mg/c1-5-3-9-7(4-11)6(2)8(5)10(12)13;1-2;;/h3,11H,4H2,1-2H3;1H3;1H;/q;-1;;+2/p-1. The van der Waals surface area contributed by atoms with Crippen molar-refractivity contribution in [3.63, 3.8) is 0 Å². The van der Waals surface area contributed by atoms with Crippen molar-refractivity contribution < 1.29 is 27.5 Å². The summed E-state index contributed by atoms with van der Waals surface area (Å²) >= 11 is 0. The zero-order valence-corrected chi connectivity index (χ0v) is 12.1. The maximum Gasteiger partial charge on any atom is 2.00 e. The van der Waals surface area contributed by atoms with Crippen LogP contribution in [0.15, 0.2) is 6.20 Å². The molecule has 8 heteroatoms. The largest absolute Gasteiger partial charge is 2.00 e. The number of halogens is 1. The van der Waals surface area contributed by atoms with E-state index in [4.69, 9.17) is 10.2 Å². The molecule has 0 saturated heterocycles. The van der Waals surface area contributed by atoms with Gasteiger partial charge in [0.2, 0.25) is 0 Å². The molecule has 1 N–H and O–H groups in total. The van der Waals surface area contributed by atoms with Crippen LogP contribution in [0.2, 0.25) is 0 Å². The van der Waals surface area contributed by atoms with Crippen molar-refractivity contribution >= 4 is 28.7 Å². The Morgan fingerprint density at radius 1 is 1.41 bits per heavy atom. The summed E-state index contributed by atoms with van der Waals surface area (Å²) in [6, 6.07) is 0. The summed E-state index contributed by atoms with van der Waals surface area (Å²) in [5.74, 6) is 0. The number of nitrogens with zero attached hydrogens (tertiary/aromatic N) is 2. The van der Waals surface area contributed by atoms with Gasteiger partial charge in [-0.1, -0.05) is 0 Å². The van der Waals surface area contributed by atoms with Gasteiger partial charge in [-0.15, -0.1) is 0 Å². The Bertz CT molecular complexity index is 363. The molecule has 6 nitrogen and oxygen atoms in total. The molecule has 0 saturated carbocycles. The Hall–Kier alpha value is -0.474. The van der Waals surface area contributed by atoms with Crippen LogP contribution in [0.5, 0.6) is 0 Å². The van der Waals surface area contributed by atoms with Crippen LogP contribution in [0.25, 0.3) is 0 Å². The van der Waals surface area contributed by atoms with Gasteiger partial charge in [-0.2, -0.15) is 7.11 Å². The number of aliphatic hydroxyl groups is 1. The molecule has 17 heavy (non-hydrogen) atoms. The number of aromatic nitrogens is 1. The van der Waals surface area contributed by atoms with Crippen molar-refractivity contribution in [2.24, 2.45) is 0 Å². The van der Waals surface area contributed by atoms with E-state index >= 15 is 0 Å². The SMILES string of the molecule is C[O-].Cc1cnc(CO)c(C)c1[N+](=O)[O-].[Cl-].[Mg+2]. The third-order valence-electron chi connectivity index (χ3n) is 1.91. The van der Waals surface area contributed by atoms with Gasteiger partial charge < -0.3 is 22.6 Å². The van der Waals surface area contributed by atoms with E-state index in [1.807, 2.05) is 0 Å². The van der Waals surface area contributed by atoms with E-state index < -0.39 is 4.92 Å². The zero-order valence-electron chi connectivity index (χ0n) is 9.94. The number of aliphatic hydroxyl groups excluding tert-OH is 1. The number of hydrogen-bond acceptors (Lipinski definition) is 5. The monoisotopic (exact) mass is 272 g/mol. The molecule has 92 valence electrons. The normalized spacial score (nSPS) is 8.06. The van der Waals surface area contributed by atoms with Gasteiger partial charge in [0.25, 0.3) is 5.69 Å². The summed E-state index contributed by atoms with van der Waals surface area (Å²) in [5.41, 5.74) is 1.35. The van der Waals surface area contributed by atoms with Gasteiger partial charge in [-0.05, 0) is 13.8 Å². The van der Waals surface area contributed by atoms with Crippen molar-refractivity contribution in [3.05, 3.63) is 33.1 Å². The summed E-state index contributed by atoms with van der Waals surface area (Å²) in [7, 11) is 0.750. The van der Waals surface area contributed by atoms with Crippen molar-refractivity contribution in [1.29, 1.82) is 0 Å². The minimum Gasteiger partial charge on any atom is -1.00 e. The molecule has 0 unspecified atom stereocenters. The van der Waals surface area contributed by atoms with Crippen molar-refractivity contribution in [2.75, 3.05) is 7.11 Å². The molecule has 1 heterocycles. The Labute approximate surface area is 122 Å². The smallest absolute Gasteiger partial charge is 1.00 e. The molecule has 0 radical (unpaired) electrons. The van der Waals surface area contributed by atoms with Crippen LogP contribution in [0, 0.1) is 24.0 Å². The van der Waals surface area contributed by atoms with E-state index in [0.29, 0.717) is 16.8 Å². The predicted octanol–water partition coefficient (Wildman–Crippen LogP) is -3.30. The number of rotatable bonds is 2. The Morgan fingerprint density at radius 2 is 1.88 bits per heavy atom. The van der Waals surface area contributed by atoms with Crippen LogP contribution >= 0.6 is 0 Å². The van der Waals surface area contributed by atoms with Crippen LogP contribution in [-0.4, -0.2) is 45.2 Å². The van der Waals surface area contributed by atoms with E-state index in [-0.39, 0.29) is 47.8 Å². The fourth-order valence-corrected chi connectivity index (χ4v) is 1.21. The summed E-state index contributed by atoms with van der Waals surface area (Å²) in [6.07, 6.45) is 1.40. The van der Waals surface area contributed by atoms with Crippen molar-refractivity contribution in [2.45, 2.75) is 20.5 Å². The molecule has 0 fully saturated rings. The van der Waals surface area contributed by atoms with Gasteiger partial charge in [0.15, 0.2) is 0 Å². The minimum absolute atomic E-state index is 0. The molecule has 1 aromatic rings. The summed E-state index contributed by atoms with van der Waals surface area (Å²) in [6.45, 7) is 2.94. The molecule has 0 atom stereocenters. The first-order chi connectivity index (χ1) is 7.07. The number of nitro groups is 1. The molecule has 0 aromatic carbocycles. The summed E-state index contributed by atoms with van der Waals surface area (Å²) < 4.78 is 0. The van der Waals surface area contributed by atoms with Crippen molar-refractivity contribution in [3.8, 4) is 0 Å². The van der Waals surface area contributed by atoms with E-state index in [0.717, 1.165) is 7.11 Å². The Morgan fingerprint density at radius 3 is 2.24 bits per heavy atom. The molecule has 0 aliphatic rings. The second-order valence-electron chi connectivity index (χ2n) is 2.78. The fraction of sp³-hybridized carbons (Fsp3) is 0.444. The third-order valence-corrected chi connectivity index (χ3v) is 1.91. The van der Waals surface area contributed by atoms with Crippen LogP contribution in [-0.2, 0) is 6.61 Å². The van der Waals surface area contributed by atoms with Gasteiger partial charge in [0, 0.05) is 11.8 Å². The molecule has 0 spiro atoms. The van der Waals surface area contributed by atoms with Crippen LogP contribution in [0.1, 0.15) is 16.8 Å². The fourth-order valence-electron chi connectivity index (χ4n) is 1.21. The van der Waals surface area contributed by atoms with Gasteiger partial charge in [0.05, 0.1) is 22.8 Å². The van der Waals surface area contributed by atoms with E-state index in [9.17, 15) is 10.1 Å². The van der Waals surface area contributed by atoms with Gasteiger partial charge in [-0.3, -0.25) is 15.1 Å². The molecular weight excluding hydrogens is 260 g/mol. The predicted molar refractivity (Wildman–Crippen MR) is 58.0 cm³/mol. The average Bonchev–Trinajstić information content (AvgIpc) is 2.20. The zero-order chi connectivity index (χ0) is 12.0. The summed E-state index contributed by atoms with van der Waals surface area (Å²) in [4.78, 5) is 14.0. The maximum atomic E-state index is 10.6. The first kappa shape index (κ1) is 21.8. The third kappa shape index (κ3) is 5.60. The topological polar surface area (TPSA) is 99.3 Å². The molecule has 0 bridgehead atoms. The van der Waals surface area contributed by atoms with Crippen LogP contribution in [0.3, 0.4) is 0 Å². The number of hydrogen-bond donors (Lipinski definition) is 1. The van der Waals surface area contributed by atoms with Gasteiger partial charge >= 0.3 is 23.1 Å². The number of pyridine rings is 1. The first-order valence-electron chi connectivity index (χ1n) is 4.19. The molecule has 0 aliphatic heterocycles. The summed E-state index contributed by atoms with van der Waals surface area (Å²) in [5, 5.41) is 27.7. The molecule has 1 rings (SSSR count). The second-order valence-corrected chi connectivity index (χ2v) is 2.78. The number of aryl methyl sites for hydroxylation is 1. The Balaban J connectivity index is -0.000000464. The van der Waals surface area contributed by atoms with Crippen LogP contribution < -0.4 is 17.5 Å². The van der Waals surface area contributed by atoms with Crippen molar-refractivity contribution in [1.82, 2.24) is 4.98 Å². The molecular formula is C9H13ClMgN2O4. The van der Waals surface area contributed by atoms with E-state index in [1.165, 1.54) is 6.20 Å². The maximum absolute atomic E-state index is 10.6. The second kappa shape index (κ2) is 10.7. The van der Waals surface area contributed by atoms with Crippen LogP contribution in [0.4, 0.5) is 5.69 Å². The van der Waals surface area contributed by atoms with Gasteiger partial charge in [-0.25, -0.2) is 0 Å². The first-order valence-corrected chi connectivity index (χ1v) is 4.19. The average molecular weight is 273 g/mol. The Kier molecular flexibility index (Phi) is 13.7. The quantitative estimate of drug-likeness (QED) is 0.345. The van der Waals surface area contributed by atoms with E-state index in [2.05, 4.69) is 4.98 Å². The minimum atomic E-state index is -0.453. The molecule has 0 amide bonds. The molecule has 0 aliphatic carbocycles. The van der Waals surface area contributed by atoms with E-state index in [1.54, 1.807) is 13.8 Å².